The third-order valence-electron chi connectivity index (χ3n) is 3.92. The summed E-state index contributed by atoms with van der Waals surface area (Å²) in [6, 6.07) is 10.8. The summed E-state index contributed by atoms with van der Waals surface area (Å²) in [5.41, 5.74) is 4.59. The Kier molecular flexibility index (Phi) is 4.30. The Hall–Kier alpha value is -1.74. The lowest BCUT2D eigenvalue weighted by Gasteiger charge is -2.17. The van der Waals surface area contributed by atoms with Gasteiger partial charge in [0.25, 0.3) is 0 Å². The molecule has 0 saturated carbocycles. The smallest absolute Gasteiger partial charge is 0.132 e. The first kappa shape index (κ1) is 14.2. The van der Waals surface area contributed by atoms with Crippen molar-refractivity contribution in [3.05, 3.63) is 52.8 Å². The Bertz CT molecular complexity index is 604. The van der Waals surface area contributed by atoms with Gasteiger partial charge in [-0.3, -0.25) is 0 Å². The van der Waals surface area contributed by atoms with Crippen LogP contribution in [0.1, 0.15) is 24.0 Å². The Balaban J connectivity index is 1.61. The van der Waals surface area contributed by atoms with Crippen LogP contribution in [0.15, 0.2) is 36.5 Å². The van der Waals surface area contributed by atoms with Crippen LogP contribution in [0.3, 0.4) is 0 Å². The Morgan fingerprint density at radius 3 is 2.57 bits per heavy atom. The standard InChI is InChI=1S/C17H20ClN3/c1-13-10-15(12-20-17(13)18)19-11-14-4-6-16(7-5-14)21-8-2-3-9-21/h4-7,10,12,19H,2-3,8-9,11H2,1H3. The molecule has 4 heteroatoms. The minimum atomic E-state index is 0.565. The third-order valence-corrected chi connectivity index (χ3v) is 4.31. The van der Waals surface area contributed by atoms with Crippen molar-refractivity contribution in [3.8, 4) is 0 Å². The van der Waals surface area contributed by atoms with Crippen molar-refractivity contribution in [2.75, 3.05) is 23.3 Å². The second kappa shape index (κ2) is 6.35. The first-order valence-electron chi connectivity index (χ1n) is 7.42. The van der Waals surface area contributed by atoms with E-state index in [9.17, 15) is 0 Å². The second-order valence-corrected chi connectivity index (χ2v) is 5.90. The van der Waals surface area contributed by atoms with Crippen molar-refractivity contribution in [2.45, 2.75) is 26.3 Å². The minimum Gasteiger partial charge on any atom is -0.380 e. The monoisotopic (exact) mass is 301 g/mol. The van der Waals surface area contributed by atoms with E-state index in [4.69, 9.17) is 11.6 Å². The van der Waals surface area contributed by atoms with Gasteiger partial charge in [-0.15, -0.1) is 0 Å². The molecule has 1 aromatic heterocycles. The number of nitrogens with one attached hydrogen (secondary N) is 1. The molecule has 2 aromatic rings. The van der Waals surface area contributed by atoms with E-state index >= 15 is 0 Å². The largest absolute Gasteiger partial charge is 0.380 e. The Morgan fingerprint density at radius 2 is 1.90 bits per heavy atom. The number of pyridine rings is 1. The van der Waals surface area contributed by atoms with Crippen LogP contribution in [-0.4, -0.2) is 18.1 Å². The zero-order valence-electron chi connectivity index (χ0n) is 12.3. The molecule has 0 amide bonds. The van der Waals surface area contributed by atoms with Gasteiger partial charge in [0.15, 0.2) is 0 Å². The third kappa shape index (κ3) is 3.48. The summed E-state index contributed by atoms with van der Waals surface area (Å²) in [6.07, 6.45) is 4.40. The maximum atomic E-state index is 5.93. The number of nitrogens with zero attached hydrogens (tertiary/aromatic N) is 2. The summed E-state index contributed by atoms with van der Waals surface area (Å²) in [5.74, 6) is 0. The van der Waals surface area contributed by atoms with Gasteiger partial charge in [0.05, 0.1) is 11.9 Å². The number of anilines is 2. The molecule has 110 valence electrons. The van der Waals surface area contributed by atoms with Gasteiger partial charge in [-0.2, -0.15) is 0 Å². The molecule has 0 atom stereocenters. The number of halogens is 1. The molecular formula is C17H20ClN3. The molecule has 0 radical (unpaired) electrons. The minimum absolute atomic E-state index is 0.565. The van der Waals surface area contributed by atoms with Crippen LogP contribution in [0, 0.1) is 6.92 Å². The van der Waals surface area contributed by atoms with Gasteiger partial charge in [0, 0.05) is 25.3 Å². The number of hydrogen-bond donors (Lipinski definition) is 1. The molecule has 2 heterocycles. The Labute approximate surface area is 131 Å². The van der Waals surface area contributed by atoms with Gasteiger partial charge in [-0.1, -0.05) is 23.7 Å². The molecule has 1 aromatic carbocycles. The maximum absolute atomic E-state index is 5.93. The molecular weight excluding hydrogens is 282 g/mol. The van der Waals surface area contributed by atoms with Crippen molar-refractivity contribution in [1.82, 2.24) is 4.98 Å². The van der Waals surface area contributed by atoms with Crippen LogP contribution in [0.5, 0.6) is 0 Å². The average Bonchev–Trinajstić information content (AvgIpc) is 3.03. The summed E-state index contributed by atoms with van der Waals surface area (Å²) in [7, 11) is 0. The lowest BCUT2D eigenvalue weighted by atomic mass is 10.2. The fraction of sp³-hybridized carbons (Fsp3) is 0.353. The molecule has 3 rings (SSSR count). The van der Waals surface area contributed by atoms with Gasteiger partial charge in [-0.05, 0) is 49.1 Å². The Morgan fingerprint density at radius 1 is 1.19 bits per heavy atom. The van der Waals surface area contributed by atoms with Crippen LogP contribution in [0.25, 0.3) is 0 Å². The molecule has 0 unspecified atom stereocenters. The number of aromatic nitrogens is 1. The summed E-state index contributed by atoms with van der Waals surface area (Å²) < 4.78 is 0. The van der Waals surface area contributed by atoms with Crippen molar-refractivity contribution < 1.29 is 0 Å². The normalized spacial score (nSPS) is 14.5. The predicted octanol–water partition coefficient (Wildman–Crippen LogP) is 4.26. The van der Waals surface area contributed by atoms with Crippen molar-refractivity contribution >= 4 is 23.0 Å². The van der Waals surface area contributed by atoms with Gasteiger partial charge >= 0.3 is 0 Å². The molecule has 1 aliphatic heterocycles. The summed E-state index contributed by atoms with van der Waals surface area (Å²) in [5, 5.41) is 3.95. The zero-order valence-corrected chi connectivity index (χ0v) is 13.0. The topological polar surface area (TPSA) is 28.2 Å². The van der Waals surface area contributed by atoms with Gasteiger partial charge < -0.3 is 10.2 Å². The highest BCUT2D eigenvalue weighted by Crippen LogP contribution is 2.21. The predicted molar refractivity (Wildman–Crippen MR) is 89.2 cm³/mol. The fourth-order valence-electron chi connectivity index (χ4n) is 2.66. The van der Waals surface area contributed by atoms with Crippen LogP contribution in [-0.2, 0) is 6.54 Å². The molecule has 0 bridgehead atoms. The van der Waals surface area contributed by atoms with E-state index in [0.717, 1.165) is 17.8 Å². The van der Waals surface area contributed by atoms with E-state index in [1.165, 1.54) is 37.2 Å². The quantitative estimate of drug-likeness (QED) is 0.856. The molecule has 0 aliphatic carbocycles. The molecule has 1 aliphatic rings. The lowest BCUT2D eigenvalue weighted by Crippen LogP contribution is -2.17. The highest BCUT2D eigenvalue weighted by molar-refractivity contribution is 6.30. The van der Waals surface area contributed by atoms with E-state index in [0.29, 0.717) is 5.15 Å². The number of aryl methyl sites for hydroxylation is 1. The number of hydrogen-bond acceptors (Lipinski definition) is 3. The van der Waals surface area contributed by atoms with Crippen LogP contribution in [0.2, 0.25) is 5.15 Å². The number of rotatable bonds is 4. The van der Waals surface area contributed by atoms with Crippen molar-refractivity contribution in [3.63, 3.8) is 0 Å². The lowest BCUT2D eigenvalue weighted by molar-refractivity contribution is 0.949. The average molecular weight is 302 g/mol. The van der Waals surface area contributed by atoms with Gasteiger partial charge in [0.2, 0.25) is 0 Å². The number of benzene rings is 1. The second-order valence-electron chi connectivity index (χ2n) is 5.55. The summed E-state index contributed by atoms with van der Waals surface area (Å²) in [4.78, 5) is 6.60. The molecule has 1 fully saturated rings. The van der Waals surface area contributed by atoms with Gasteiger partial charge in [0.1, 0.15) is 5.15 Å². The highest BCUT2D eigenvalue weighted by Gasteiger charge is 2.11. The molecule has 1 N–H and O–H groups in total. The van der Waals surface area contributed by atoms with E-state index in [-0.39, 0.29) is 0 Å². The fourth-order valence-corrected chi connectivity index (χ4v) is 2.76. The van der Waals surface area contributed by atoms with E-state index in [2.05, 4.69) is 39.5 Å². The molecule has 0 spiro atoms. The van der Waals surface area contributed by atoms with Crippen molar-refractivity contribution in [1.29, 1.82) is 0 Å². The van der Waals surface area contributed by atoms with E-state index in [1.54, 1.807) is 6.20 Å². The molecule has 21 heavy (non-hydrogen) atoms. The maximum Gasteiger partial charge on any atom is 0.132 e. The van der Waals surface area contributed by atoms with Crippen LogP contribution >= 0.6 is 11.6 Å². The van der Waals surface area contributed by atoms with E-state index < -0.39 is 0 Å². The van der Waals surface area contributed by atoms with E-state index in [1.807, 2.05) is 13.0 Å². The first-order chi connectivity index (χ1) is 10.2. The van der Waals surface area contributed by atoms with Gasteiger partial charge in [-0.25, -0.2) is 4.98 Å². The van der Waals surface area contributed by atoms with Crippen LogP contribution < -0.4 is 10.2 Å². The highest BCUT2D eigenvalue weighted by atomic mass is 35.5. The summed E-state index contributed by atoms with van der Waals surface area (Å²) >= 11 is 5.93. The first-order valence-corrected chi connectivity index (χ1v) is 7.80. The van der Waals surface area contributed by atoms with Crippen LogP contribution in [0.4, 0.5) is 11.4 Å². The molecule has 1 saturated heterocycles. The van der Waals surface area contributed by atoms with Crippen molar-refractivity contribution in [2.24, 2.45) is 0 Å². The molecule has 3 nitrogen and oxygen atoms in total. The SMILES string of the molecule is Cc1cc(NCc2ccc(N3CCCC3)cc2)cnc1Cl. The summed E-state index contributed by atoms with van der Waals surface area (Å²) in [6.45, 7) is 5.13. The zero-order chi connectivity index (χ0) is 14.7.